The van der Waals surface area contributed by atoms with Crippen LogP contribution in [0.3, 0.4) is 0 Å². The van der Waals surface area contributed by atoms with E-state index >= 15 is 0 Å². The van der Waals surface area contributed by atoms with Gasteiger partial charge in [0.2, 0.25) is 0 Å². The van der Waals surface area contributed by atoms with Gasteiger partial charge in [0.25, 0.3) is 0 Å². The van der Waals surface area contributed by atoms with Crippen LogP contribution >= 0.6 is 0 Å². The maximum atomic E-state index is 6.99. The summed E-state index contributed by atoms with van der Waals surface area (Å²) in [6, 6.07) is 34.3. The molecule has 0 spiro atoms. The van der Waals surface area contributed by atoms with E-state index < -0.39 is 0 Å². The quantitative estimate of drug-likeness (QED) is 0.0439. The molecule has 0 fully saturated rings. The molecule has 5 aromatic carbocycles. The van der Waals surface area contributed by atoms with Gasteiger partial charge < -0.3 is 37.9 Å². The van der Waals surface area contributed by atoms with Crippen molar-refractivity contribution in [2.24, 2.45) is 0 Å². The molecule has 10 bridgehead atoms. The average Bonchev–Trinajstić information content (AvgIpc) is 3.41. The zero-order valence-electron chi connectivity index (χ0n) is 45.5. The van der Waals surface area contributed by atoms with Crippen molar-refractivity contribution >= 4 is 0 Å². The van der Waals surface area contributed by atoms with Gasteiger partial charge in [0, 0.05) is 25.7 Å². The van der Waals surface area contributed by atoms with Gasteiger partial charge in [-0.3, -0.25) is 0 Å². The summed E-state index contributed by atoms with van der Waals surface area (Å²) in [4.78, 5) is 0. The summed E-state index contributed by atoms with van der Waals surface area (Å²) in [5, 5.41) is 0. The summed E-state index contributed by atoms with van der Waals surface area (Å²) in [5.74, 6) is 5.09. The largest absolute Gasteiger partial charge is 0.493 e. The smallest absolute Gasteiger partial charge is 0.161 e. The molecule has 2 heterocycles. The van der Waals surface area contributed by atoms with E-state index in [0.717, 1.165) is 80.3 Å². The van der Waals surface area contributed by atoms with Crippen LogP contribution in [0.25, 0.3) is 0 Å². The number of hydrogen-bond donors (Lipinski definition) is 0. The zero-order valence-corrected chi connectivity index (χ0v) is 45.5. The van der Waals surface area contributed by atoms with Gasteiger partial charge in [0.05, 0.1) is 39.6 Å². The van der Waals surface area contributed by atoms with Crippen molar-refractivity contribution in [2.75, 3.05) is 66.1 Å². The first-order chi connectivity index (χ1) is 36.7. The van der Waals surface area contributed by atoms with Gasteiger partial charge in [-0.1, -0.05) is 214 Å². The van der Waals surface area contributed by atoms with Gasteiger partial charge in [-0.15, -0.1) is 0 Å². The van der Waals surface area contributed by atoms with Crippen LogP contribution < -0.4 is 28.4 Å². The molecule has 0 unspecified atom stereocenters. The van der Waals surface area contributed by atoms with Crippen molar-refractivity contribution in [2.45, 2.75) is 168 Å². The zero-order chi connectivity index (χ0) is 51.1. The molecule has 0 radical (unpaired) electrons. The Bertz CT molecular complexity index is 2090. The van der Waals surface area contributed by atoms with E-state index in [2.05, 4.69) is 86.6 Å². The van der Waals surface area contributed by atoms with Crippen LogP contribution in [0.5, 0.6) is 34.5 Å². The summed E-state index contributed by atoms with van der Waals surface area (Å²) in [6.07, 6.45) is 28.3. The molecule has 0 saturated heterocycles. The van der Waals surface area contributed by atoms with Crippen LogP contribution in [-0.2, 0) is 35.2 Å². The molecule has 5 aromatic rings. The Kier molecular flexibility index (Phi) is 25.7. The number of unbranched alkanes of at least 4 members (excludes halogenated alkanes) is 18. The second kappa shape index (κ2) is 33.7. The van der Waals surface area contributed by atoms with E-state index in [4.69, 9.17) is 37.9 Å². The van der Waals surface area contributed by atoms with Gasteiger partial charge >= 0.3 is 0 Å². The van der Waals surface area contributed by atoms with Gasteiger partial charge in [-0.05, 0) is 69.5 Å². The number of hydrogen-bond acceptors (Lipinski definition) is 8. The van der Waals surface area contributed by atoms with Gasteiger partial charge in [0.1, 0.15) is 49.4 Å². The Balaban J connectivity index is 1.19. The van der Waals surface area contributed by atoms with Gasteiger partial charge in [-0.2, -0.15) is 0 Å². The first-order valence-corrected chi connectivity index (χ1v) is 29.2. The molecule has 2 aliphatic heterocycles. The van der Waals surface area contributed by atoms with Crippen LogP contribution in [0, 0.1) is 0 Å². The highest BCUT2D eigenvalue weighted by molar-refractivity contribution is 5.56. The predicted octanol–water partition coefficient (Wildman–Crippen LogP) is 16.2. The molecule has 1 aliphatic carbocycles. The van der Waals surface area contributed by atoms with Gasteiger partial charge in [0.15, 0.2) is 11.5 Å². The van der Waals surface area contributed by atoms with Gasteiger partial charge in [-0.25, -0.2) is 0 Å². The van der Waals surface area contributed by atoms with Crippen molar-refractivity contribution in [3.8, 4) is 34.5 Å². The summed E-state index contributed by atoms with van der Waals surface area (Å²) in [7, 11) is 0. The molecule has 0 aromatic heterocycles. The third kappa shape index (κ3) is 18.9. The molecule has 8 heteroatoms. The maximum absolute atomic E-state index is 6.99. The Morgan fingerprint density at radius 1 is 0.297 bits per heavy atom. The first-order valence-electron chi connectivity index (χ1n) is 29.2. The van der Waals surface area contributed by atoms with Crippen LogP contribution in [0.2, 0.25) is 0 Å². The Morgan fingerprint density at radius 3 is 0.905 bits per heavy atom. The number of rotatable bonds is 24. The summed E-state index contributed by atoms with van der Waals surface area (Å²) in [5.41, 5.74) is 9.09. The Labute approximate surface area is 446 Å². The van der Waals surface area contributed by atoms with E-state index in [0.29, 0.717) is 103 Å². The third-order valence-electron chi connectivity index (χ3n) is 14.5. The molecule has 0 N–H and O–H groups in total. The summed E-state index contributed by atoms with van der Waals surface area (Å²) < 4.78 is 52.4. The molecular weight excluding hydrogens is 921 g/mol. The molecular formula is C66H90O8. The molecule has 8 nitrogen and oxygen atoms in total. The lowest BCUT2D eigenvalue weighted by atomic mass is 9.91. The van der Waals surface area contributed by atoms with E-state index in [1.807, 2.05) is 24.3 Å². The SMILES string of the molecule is CCCCCCCCCCCCOc1c2cccc1Cc1cccc3c1OCCOCCOc1ccccc1OCCOCCOc1c(cccc1Cc1cccc(c1OCCCCCCCCCCCC)C3)C2. The lowest BCUT2D eigenvalue weighted by molar-refractivity contribution is 0.0695. The van der Waals surface area contributed by atoms with Crippen molar-refractivity contribution < 1.29 is 37.9 Å². The second-order valence-electron chi connectivity index (χ2n) is 20.5. The number of ether oxygens (including phenoxy) is 8. The first kappa shape index (κ1) is 56.5. The number of fused-ring (bicyclic) bond motifs is 12. The van der Waals surface area contributed by atoms with E-state index in [1.165, 1.54) is 116 Å². The fourth-order valence-corrected chi connectivity index (χ4v) is 10.5. The van der Waals surface area contributed by atoms with E-state index in [9.17, 15) is 0 Å². The average molecular weight is 1010 g/mol. The highest BCUT2D eigenvalue weighted by Crippen LogP contribution is 2.39. The van der Waals surface area contributed by atoms with Crippen molar-refractivity contribution in [3.63, 3.8) is 0 Å². The minimum atomic E-state index is 0.385. The second-order valence-corrected chi connectivity index (χ2v) is 20.5. The lowest BCUT2D eigenvalue weighted by Gasteiger charge is -2.23. The Morgan fingerprint density at radius 2 is 0.581 bits per heavy atom. The Hall–Kier alpha value is -5.18. The fourth-order valence-electron chi connectivity index (χ4n) is 10.5. The molecule has 0 atom stereocenters. The highest BCUT2D eigenvalue weighted by Gasteiger charge is 2.22. The molecule has 0 amide bonds. The minimum Gasteiger partial charge on any atom is -0.493 e. The molecule has 3 aliphatic rings. The highest BCUT2D eigenvalue weighted by atomic mass is 16.6. The summed E-state index contributed by atoms with van der Waals surface area (Å²) >= 11 is 0. The topological polar surface area (TPSA) is 73.8 Å². The van der Waals surface area contributed by atoms with Crippen LogP contribution in [-0.4, -0.2) is 66.1 Å². The van der Waals surface area contributed by atoms with Crippen molar-refractivity contribution in [1.29, 1.82) is 0 Å². The van der Waals surface area contributed by atoms with Crippen molar-refractivity contribution in [1.82, 2.24) is 0 Å². The summed E-state index contributed by atoms with van der Waals surface area (Å²) in [6.45, 7) is 9.15. The fraction of sp³-hybridized carbons (Fsp3) is 0.545. The number of para-hydroxylation sites is 6. The van der Waals surface area contributed by atoms with Crippen LogP contribution in [0.4, 0.5) is 0 Å². The van der Waals surface area contributed by atoms with E-state index in [-0.39, 0.29) is 0 Å². The normalized spacial score (nSPS) is 14.4. The molecule has 402 valence electrons. The maximum Gasteiger partial charge on any atom is 0.161 e. The lowest BCUT2D eigenvalue weighted by Crippen LogP contribution is -2.14. The monoisotopic (exact) mass is 1010 g/mol. The minimum absolute atomic E-state index is 0.385. The van der Waals surface area contributed by atoms with Crippen molar-refractivity contribution in [3.05, 3.63) is 142 Å². The predicted molar refractivity (Wildman–Crippen MR) is 302 cm³/mol. The van der Waals surface area contributed by atoms with Crippen LogP contribution in [0.1, 0.15) is 187 Å². The molecule has 8 rings (SSSR count). The number of benzene rings is 5. The third-order valence-corrected chi connectivity index (χ3v) is 14.5. The van der Waals surface area contributed by atoms with E-state index in [1.54, 1.807) is 0 Å². The molecule has 74 heavy (non-hydrogen) atoms. The standard InChI is InChI=1S/C66H90O8/c1-3-5-7-9-11-13-15-17-19-23-39-71-63-53-29-25-30-54(63)50-58-34-28-36-60-52-56-32-26-31-55(64(56)72-40-24-20-18-16-14-12-10-8-6-4-2)51-59-35-27-33-57(49-53)65(59)73-47-43-67-41-45-69-61-37-21-22-38-62(61)70-46-42-68-44-48-74-66(58)60/h21-22,25-38H,3-20,23-24,39-52H2,1-2H3. The molecule has 0 saturated carbocycles. The van der Waals surface area contributed by atoms with Crippen LogP contribution in [0.15, 0.2) is 97.1 Å².